The maximum absolute atomic E-state index is 2.72. The summed E-state index contributed by atoms with van der Waals surface area (Å²) in [7, 11) is 0. The fraction of sp³-hybridized carbons (Fsp3) is 1.00. The molecular formula is C12H25N. The molecule has 1 nitrogen and oxygen atoms in total. The molecule has 1 rings (SSSR count). The van der Waals surface area contributed by atoms with Gasteiger partial charge in [0.05, 0.1) is 0 Å². The number of hydrogen-bond donors (Lipinski definition) is 0. The van der Waals surface area contributed by atoms with Crippen LogP contribution in [-0.2, 0) is 0 Å². The molecule has 2 unspecified atom stereocenters. The van der Waals surface area contributed by atoms with Crippen LogP contribution in [0.25, 0.3) is 0 Å². The van der Waals surface area contributed by atoms with Crippen LogP contribution in [-0.4, -0.2) is 22.5 Å². The fourth-order valence-electron chi connectivity index (χ4n) is 2.90. The molecule has 1 aliphatic heterocycles. The third kappa shape index (κ3) is 2.46. The van der Waals surface area contributed by atoms with Crippen molar-refractivity contribution in [2.45, 2.75) is 77.9 Å². The predicted molar refractivity (Wildman–Crippen MR) is 59.0 cm³/mol. The summed E-state index contributed by atoms with van der Waals surface area (Å²) in [4.78, 5) is 2.72. The van der Waals surface area contributed by atoms with Gasteiger partial charge in [0.2, 0.25) is 0 Å². The van der Waals surface area contributed by atoms with E-state index in [-0.39, 0.29) is 0 Å². The van der Waals surface area contributed by atoms with Crippen LogP contribution < -0.4 is 0 Å². The van der Waals surface area contributed by atoms with Crippen molar-refractivity contribution in [3.8, 4) is 0 Å². The number of hydrogen-bond acceptors (Lipinski definition) is 1. The maximum Gasteiger partial charge on any atom is 0.0130 e. The Kier molecular flexibility index (Phi) is 3.39. The Balaban J connectivity index is 2.65. The van der Waals surface area contributed by atoms with E-state index in [4.69, 9.17) is 0 Å². The quantitative estimate of drug-likeness (QED) is 0.634. The molecule has 0 N–H and O–H groups in total. The number of nitrogens with zero attached hydrogens (tertiary/aromatic N) is 1. The van der Waals surface area contributed by atoms with Gasteiger partial charge in [0.1, 0.15) is 0 Å². The molecule has 0 radical (unpaired) electrons. The Morgan fingerprint density at radius 2 is 1.85 bits per heavy atom. The van der Waals surface area contributed by atoms with Gasteiger partial charge < -0.3 is 0 Å². The van der Waals surface area contributed by atoms with E-state index < -0.39 is 0 Å². The van der Waals surface area contributed by atoms with Crippen LogP contribution in [0.5, 0.6) is 0 Å². The van der Waals surface area contributed by atoms with Crippen molar-refractivity contribution in [2.24, 2.45) is 0 Å². The van der Waals surface area contributed by atoms with Crippen LogP contribution in [0, 0.1) is 0 Å². The molecule has 1 aliphatic rings. The Morgan fingerprint density at radius 3 is 2.31 bits per heavy atom. The molecule has 0 amide bonds. The van der Waals surface area contributed by atoms with E-state index in [1.165, 1.54) is 25.7 Å². The lowest BCUT2D eigenvalue weighted by molar-refractivity contribution is 0.0790. The zero-order chi connectivity index (χ0) is 10.1. The van der Waals surface area contributed by atoms with Crippen molar-refractivity contribution in [1.29, 1.82) is 0 Å². The predicted octanol–water partition coefficient (Wildman–Crippen LogP) is 3.44. The lowest BCUT2D eigenvalue weighted by Crippen LogP contribution is -2.48. The summed E-state index contributed by atoms with van der Waals surface area (Å²) >= 11 is 0. The summed E-state index contributed by atoms with van der Waals surface area (Å²) in [6.07, 6.45) is 5.50. The zero-order valence-electron chi connectivity index (χ0n) is 9.93. The molecule has 0 saturated carbocycles. The van der Waals surface area contributed by atoms with Crippen molar-refractivity contribution < 1.29 is 0 Å². The van der Waals surface area contributed by atoms with Crippen LogP contribution in [0.15, 0.2) is 0 Å². The Bertz CT molecular complexity index is 155. The van der Waals surface area contributed by atoms with E-state index >= 15 is 0 Å². The second-order valence-corrected chi connectivity index (χ2v) is 5.45. The second kappa shape index (κ2) is 4.00. The topological polar surface area (TPSA) is 3.24 Å². The molecule has 0 aliphatic carbocycles. The Morgan fingerprint density at radius 1 is 1.23 bits per heavy atom. The maximum atomic E-state index is 2.72. The monoisotopic (exact) mass is 183 g/mol. The third-order valence-electron chi connectivity index (χ3n) is 3.18. The lowest BCUT2D eigenvalue weighted by Gasteiger charge is -2.40. The SMILES string of the molecule is CCCC1CCC(C)N1C(C)(C)C. The summed E-state index contributed by atoms with van der Waals surface area (Å²) in [6, 6.07) is 1.64. The van der Waals surface area contributed by atoms with Gasteiger partial charge in [-0.15, -0.1) is 0 Å². The third-order valence-corrected chi connectivity index (χ3v) is 3.18. The molecule has 0 aromatic rings. The van der Waals surface area contributed by atoms with Gasteiger partial charge in [-0.05, 0) is 47.0 Å². The molecule has 0 aromatic heterocycles. The van der Waals surface area contributed by atoms with Crippen molar-refractivity contribution in [3.05, 3.63) is 0 Å². The highest BCUT2D eigenvalue weighted by Gasteiger charge is 2.36. The average molecular weight is 183 g/mol. The molecule has 2 atom stereocenters. The fourth-order valence-corrected chi connectivity index (χ4v) is 2.90. The van der Waals surface area contributed by atoms with Gasteiger partial charge in [0.15, 0.2) is 0 Å². The molecule has 1 heterocycles. The highest BCUT2D eigenvalue weighted by Crippen LogP contribution is 2.33. The Hall–Kier alpha value is -0.0400. The first-order valence-electron chi connectivity index (χ1n) is 5.75. The van der Waals surface area contributed by atoms with Gasteiger partial charge in [-0.2, -0.15) is 0 Å². The number of likely N-dealkylation sites (tertiary alicyclic amines) is 1. The normalized spacial score (nSPS) is 31.2. The highest BCUT2D eigenvalue weighted by atomic mass is 15.3. The first kappa shape index (κ1) is 11.0. The molecule has 0 spiro atoms. The lowest BCUT2D eigenvalue weighted by atomic mass is 10.0. The van der Waals surface area contributed by atoms with Crippen LogP contribution in [0.4, 0.5) is 0 Å². The van der Waals surface area contributed by atoms with E-state index in [9.17, 15) is 0 Å². The van der Waals surface area contributed by atoms with Crippen LogP contribution in [0.3, 0.4) is 0 Å². The summed E-state index contributed by atoms with van der Waals surface area (Å²) in [5, 5.41) is 0. The van der Waals surface area contributed by atoms with E-state index in [1.54, 1.807) is 0 Å². The molecule has 0 aromatic carbocycles. The summed E-state index contributed by atoms with van der Waals surface area (Å²) in [6.45, 7) is 11.7. The minimum Gasteiger partial charge on any atom is -0.293 e. The minimum atomic E-state index is 0.357. The van der Waals surface area contributed by atoms with Gasteiger partial charge in [0.25, 0.3) is 0 Å². The molecular weight excluding hydrogens is 158 g/mol. The van der Waals surface area contributed by atoms with Crippen LogP contribution in [0.2, 0.25) is 0 Å². The first-order valence-corrected chi connectivity index (χ1v) is 5.75. The standard InChI is InChI=1S/C12H25N/c1-6-7-11-9-8-10(2)13(11)12(3,4)5/h10-11H,6-9H2,1-5H3. The minimum absolute atomic E-state index is 0.357. The Labute approximate surface area is 83.5 Å². The number of rotatable bonds is 2. The molecule has 1 saturated heterocycles. The summed E-state index contributed by atoms with van der Waals surface area (Å²) < 4.78 is 0. The van der Waals surface area contributed by atoms with Gasteiger partial charge in [-0.25, -0.2) is 0 Å². The van der Waals surface area contributed by atoms with Crippen molar-refractivity contribution >= 4 is 0 Å². The van der Waals surface area contributed by atoms with E-state index in [0.29, 0.717) is 5.54 Å². The molecule has 1 heteroatoms. The van der Waals surface area contributed by atoms with Gasteiger partial charge in [-0.1, -0.05) is 13.3 Å². The molecule has 13 heavy (non-hydrogen) atoms. The van der Waals surface area contributed by atoms with Gasteiger partial charge in [-0.3, -0.25) is 4.90 Å². The van der Waals surface area contributed by atoms with E-state index in [0.717, 1.165) is 12.1 Å². The molecule has 1 fully saturated rings. The van der Waals surface area contributed by atoms with Crippen molar-refractivity contribution in [2.75, 3.05) is 0 Å². The van der Waals surface area contributed by atoms with E-state index in [2.05, 4.69) is 39.5 Å². The first-order chi connectivity index (χ1) is 5.96. The zero-order valence-corrected chi connectivity index (χ0v) is 9.93. The van der Waals surface area contributed by atoms with Crippen molar-refractivity contribution in [1.82, 2.24) is 4.90 Å². The van der Waals surface area contributed by atoms with E-state index in [1.807, 2.05) is 0 Å². The average Bonchev–Trinajstić information content (AvgIpc) is 2.31. The summed E-state index contributed by atoms with van der Waals surface area (Å²) in [5.74, 6) is 0. The van der Waals surface area contributed by atoms with Crippen LogP contribution >= 0.6 is 0 Å². The van der Waals surface area contributed by atoms with Crippen LogP contribution in [0.1, 0.15) is 60.3 Å². The second-order valence-electron chi connectivity index (χ2n) is 5.45. The molecule has 78 valence electrons. The molecule has 0 bridgehead atoms. The van der Waals surface area contributed by atoms with Crippen molar-refractivity contribution in [3.63, 3.8) is 0 Å². The van der Waals surface area contributed by atoms with Gasteiger partial charge >= 0.3 is 0 Å². The van der Waals surface area contributed by atoms with Gasteiger partial charge in [0, 0.05) is 17.6 Å². The summed E-state index contributed by atoms with van der Waals surface area (Å²) in [5.41, 5.74) is 0.357. The highest BCUT2D eigenvalue weighted by molar-refractivity contribution is 4.92. The largest absolute Gasteiger partial charge is 0.293 e. The smallest absolute Gasteiger partial charge is 0.0130 e.